The van der Waals surface area contributed by atoms with Gasteiger partial charge in [-0.2, -0.15) is 0 Å². The van der Waals surface area contributed by atoms with Crippen molar-refractivity contribution in [2.45, 2.75) is 13.0 Å². The predicted octanol–water partition coefficient (Wildman–Crippen LogP) is 3.44. The summed E-state index contributed by atoms with van der Waals surface area (Å²) in [5, 5.41) is 9.04. The van der Waals surface area contributed by atoms with Crippen LogP contribution in [0.5, 0.6) is 0 Å². The zero-order valence-electron chi connectivity index (χ0n) is 11.2. The van der Waals surface area contributed by atoms with Gasteiger partial charge in [-0.15, -0.1) is 0 Å². The van der Waals surface area contributed by atoms with Gasteiger partial charge in [0, 0.05) is 5.56 Å². The van der Waals surface area contributed by atoms with Gasteiger partial charge in [-0.05, 0) is 25.1 Å². The molecule has 2 aromatic carbocycles. The maximum atomic E-state index is 13.6. The molecule has 1 N–H and O–H groups in total. The molecule has 0 spiro atoms. The van der Waals surface area contributed by atoms with Crippen LogP contribution in [0.3, 0.4) is 0 Å². The molecule has 0 aliphatic carbocycles. The number of esters is 1. The molecule has 0 amide bonds. The zero-order valence-corrected chi connectivity index (χ0v) is 11.2. The molecule has 108 valence electrons. The second kappa shape index (κ2) is 6.17. The first-order chi connectivity index (χ1) is 10.0. The largest absolute Gasteiger partial charge is 0.478 e. The second-order valence-electron chi connectivity index (χ2n) is 4.42. The van der Waals surface area contributed by atoms with Crippen molar-refractivity contribution in [2.24, 2.45) is 0 Å². The summed E-state index contributed by atoms with van der Waals surface area (Å²) in [4.78, 5) is 23.1. The Balaban J connectivity index is 2.23. The Morgan fingerprint density at radius 1 is 1.05 bits per heavy atom. The molecule has 5 heteroatoms. The van der Waals surface area contributed by atoms with Gasteiger partial charge < -0.3 is 9.84 Å². The summed E-state index contributed by atoms with van der Waals surface area (Å²) in [6, 6.07) is 11.7. The smallest absolute Gasteiger partial charge is 0.339 e. The molecule has 0 saturated heterocycles. The summed E-state index contributed by atoms with van der Waals surface area (Å²) in [7, 11) is 0. The maximum Gasteiger partial charge on any atom is 0.339 e. The minimum Gasteiger partial charge on any atom is -0.478 e. The number of aromatic carboxylic acids is 1. The molecular formula is C16H13FO4. The number of carbonyl (C=O) groups excluding carboxylic acids is 1. The zero-order chi connectivity index (χ0) is 15.4. The van der Waals surface area contributed by atoms with E-state index in [2.05, 4.69) is 0 Å². The number of rotatable bonds is 4. The minimum absolute atomic E-state index is 0.0619. The molecule has 0 heterocycles. The molecule has 0 aromatic heterocycles. The van der Waals surface area contributed by atoms with Crippen molar-refractivity contribution in [3.05, 3.63) is 71.0 Å². The SMILES string of the molecule is C[C@@H](OC(=O)c1ccccc1C(=O)O)c1ccccc1F. The van der Waals surface area contributed by atoms with E-state index in [4.69, 9.17) is 9.84 Å². The number of carboxylic acids is 1. The van der Waals surface area contributed by atoms with E-state index in [1.165, 1.54) is 49.4 Å². The van der Waals surface area contributed by atoms with Gasteiger partial charge in [0.1, 0.15) is 11.9 Å². The highest BCUT2D eigenvalue weighted by molar-refractivity contribution is 6.02. The lowest BCUT2D eigenvalue weighted by Gasteiger charge is -2.15. The minimum atomic E-state index is -1.22. The average molecular weight is 288 g/mol. The van der Waals surface area contributed by atoms with Gasteiger partial charge in [0.05, 0.1) is 11.1 Å². The van der Waals surface area contributed by atoms with Crippen molar-refractivity contribution in [3.8, 4) is 0 Å². The van der Waals surface area contributed by atoms with Crippen molar-refractivity contribution in [1.29, 1.82) is 0 Å². The number of benzene rings is 2. The van der Waals surface area contributed by atoms with E-state index >= 15 is 0 Å². The second-order valence-corrected chi connectivity index (χ2v) is 4.42. The first kappa shape index (κ1) is 14.7. The van der Waals surface area contributed by atoms with Crippen LogP contribution in [0.1, 0.15) is 39.3 Å². The molecule has 1 atom stereocenters. The van der Waals surface area contributed by atoms with Crippen molar-refractivity contribution in [2.75, 3.05) is 0 Å². The lowest BCUT2D eigenvalue weighted by atomic mass is 10.1. The third kappa shape index (κ3) is 3.25. The Labute approximate surface area is 120 Å². The summed E-state index contributed by atoms with van der Waals surface area (Å²) >= 11 is 0. The van der Waals surface area contributed by atoms with Crippen molar-refractivity contribution < 1.29 is 23.8 Å². The van der Waals surface area contributed by atoms with E-state index in [-0.39, 0.29) is 16.7 Å². The Bertz CT molecular complexity index is 681. The fourth-order valence-corrected chi connectivity index (χ4v) is 1.94. The molecule has 0 aliphatic rings. The van der Waals surface area contributed by atoms with Crippen LogP contribution in [0.15, 0.2) is 48.5 Å². The molecule has 21 heavy (non-hydrogen) atoms. The van der Waals surface area contributed by atoms with Crippen LogP contribution < -0.4 is 0 Å². The van der Waals surface area contributed by atoms with E-state index in [0.29, 0.717) is 0 Å². The molecule has 4 nitrogen and oxygen atoms in total. The molecule has 0 saturated carbocycles. The van der Waals surface area contributed by atoms with E-state index in [1.807, 2.05) is 0 Å². The van der Waals surface area contributed by atoms with E-state index in [1.54, 1.807) is 6.07 Å². The third-order valence-corrected chi connectivity index (χ3v) is 3.00. The van der Waals surface area contributed by atoms with Gasteiger partial charge in [-0.3, -0.25) is 0 Å². The summed E-state index contributed by atoms with van der Waals surface area (Å²) in [5.74, 6) is -2.51. The molecule has 2 aromatic rings. The topological polar surface area (TPSA) is 63.6 Å². The number of carbonyl (C=O) groups is 2. The number of halogens is 1. The van der Waals surface area contributed by atoms with E-state index < -0.39 is 23.9 Å². The molecule has 0 unspecified atom stereocenters. The normalized spacial score (nSPS) is 11.7. The van der Waals surface area contributed by atoms with Crippen LogP contribution >= 0.6 is 0 Å². The van der Waals surface area contributed by atoms with Crippen LogP contribution in [0.25, 0.3) is 0 Å². The first-order valence-electron chi connectivity index (χ1n) is 6.28. The van der Waals surface area contributed by atoms with Crippen molar-refractivity contribution >= 4 is 11.9 Å². The van der Waals surface area contributed by atoms with Crippen LogP contribution in [0.2, 0.25) is 0 Å². The first-order valence-corrected chi connectivity index (χ1v) is 6.28. The molecule has 2 rings (SSSR count). The van der Waals surface area contributed by atoms with Gasteiger partial charge in [0.2, 0.25) is 0 Å². The monoisotopic (exact) mass is 288 g/mol. The maximum absolute atomic E-state index is 13.6. The Morgan fingerprint density at radius 3 is 2.24 bits per heavy atom. The highest BCUT2D eigenvalue weighted by Gasteiger charge is 2.21. The molecular weight excluding hydrogens is 275 g/mol. The molecule has 0 bridgehead atoms. The summed E-state index contributed by atoms with van der Waals surface area (Å²) in [6.07, 6.45) is -0.819. The number of carboxylic acid groups (broad SMARTS) is 1. The van der Waals surface area contributed by atoms with Gasteiger partial charge in [-0.25, -0.2) is 14.0 Å². The summed E-state index contributed by atoms with van der Waals surface area (Å²) in [5.41, 5.74) is 0.0232. The molecule has 0 fully saturated rings. The fourth-order valence-electron chi connectivity index (χ4n) is 1.94. The number of hydrogen-bond acceptors (Lipinski definition) is 3. The van der Waals surface area contributed by atoms with Gasteiger partial charge >= 0.3 is 11.9 Å². The molecule has 0 aliphatic heterocycles. The van der Waals surface area contributed by atoms with E-state index in [9.17, 15) is 14.0 Å². The quantitative estimate of drug-likeness (QED) is 0.875. The Hall–Kier alpha value is -2.69. The number of hydrogen-bond donors (Lipinski definition) is 1. The van der Waals surface area contributed by atoms with Crippen molar-refractivity contribution in [1.82, 2.24) is 0 Å². The average Bonchev–Trinajstić information content (AvgIpc) is 2.47. The van der Waals surface area contributed by atoms with E-state index in [0.717, 1.165) is 0 Å². The van der Waals surface area contributed by atoms with Gasteiger partial charge in [0.25, 0.3) is 0 Å². The van der Waals surface area contributed by atoms with Crippen molar-refractivity contribution in [3.63, 3.8) is 0 Å². The van der Waals surface area contributed by atoms with Gasteiger partial charge in [-0.1, -0.05) is 30.3 Å². The predicted molar refractivity (Wildman–Crippen MR) is 73.6 cm³/mol. The Morgan fingerprint density at radius 2 is 1.62 bits per heavy atom. The lowest BCUT2D eigenvalue weighted by Crippen LogP contribution is -2.14. The van der Waals surface area contributed by atoms with Crippen LogP contribution in [-0.2, 0) is 4.74 Å². The highest BCUT2D eigenvalue weighted by Crippen LogP contribution is 2.22. The number of ether oxygens (including phenoxy) is 1. The van der Waals surface area contributed by atoms with Gasteiger partial charge in [0.15, 0.2) is 0 Å². The standard InChI is InChI=1S/C16H13FO4/c1-10(11-6-4-5-9-14(11)17)21-16(20)13-8-3-2-7-12(13)15(18)19/h2-10H,1H3,(H,18,19)/t10-/m1/s1. The van der Waals surface area contributed by atoms with Crippen LogP contribution in [-0.4, -0.2) is 17.0 Å². The lowest BCUT2D eigenvalue weighted by molar-refractivity contribution is 0.0325. The summed E-state index contributed by atoms with van der Waals surface area (Å²) in [6.45, 7) is 1.53. The molecule has 0 radical (unpaired) electrons. The Kier molecular flexibility index (Phi) is 4.33. The van der Waals surface area contributed by atoms with Crippen LogP contribution in [0, 0.1) is 5.82 Å². The highest BCUT2D eigenvalue weighted by atomic mass is 19.1. The third-order valence-electron chi connectivity index (χ3n) is 3.00. The fraction of sp³-hybridized carbons (Fsp3) is 0.125. The summed E-state index contributed by atoms with van der Waals surface area (Å²) < 4.78 is 18.8. The van der Waals surface area contributed by atoms with Crippen LogP contribution in [0.4, 0.5) is 4.39 Å².